The molecule has 0 aliphatic carbocycles. The molecule has 2 heterocycles. The first-order chi connectivity index (χ1) is 20.9. The number of imide groups is 1. The molecule has 0 bridgehead atoms. The predicted octanol–water partition coefficient (Wildman–Crippen LogP) is 6.75. The van der Waals surface area contributed by atoms with Crippen molar-refractivity contribution in [1.82, 2.24) is 4.90 Å². The van der Waals surface area contributed by atoms with E-state index in [1.165, 1.54) is 4.90 Å². The van der Waals surface area contributed by atoms with E-state index in [1.807, 2.05) is 0 Å². The second-order valence-electron chi connectivity index (χ2n) is 12.2. The van der Waals surface area contributed by atoms with Crippen LogP contribution in [0.5, 0.6) is 17.2 Å². The molecule has 2 aromatic rings. The number of hydrogen-bond donors (Lipinski definition) is 1. The molecule has 0 saturated carbocycles. The molecule has 1 N–H and O–H groups in total. The highest BCUT2D eigenvalue weighted by Crippen LogP contribution is 2.51. The molecule has 0 radical (unpaired) electrons. The summed E-state index contributed by atoms with van der Waals surface area (Å²) < 4.78 is 98.9. The van der Waals surface area contributed by atoms with Gasteiger partial charge in [-0.2, -0.15) is 26.3 Å². The number of carbonyl (C=O) groups is 2. The molecule has 7 nitrogen and oxygen atoms in total. The maximum absolute atomic E-state index is 13.7. The summed E-state index contributed by atoms with van der Waals surface area (Å²) in [5.41, 5.74) is -6.54. The molecular weight excluding hydrogens is 608 g/mol. The zero-order valence-corrected chi connectivity index (χ0v) is 25.5. The van der Waals surface area contributed by atoms with Crippen LogP contribution < -0.4 is 14.2 Å². The molecule has 1 unspecified atom stereocenters. The largest absolute Gasteiger partial charge is 0.493 e. The number of halogens is 6. The molecule has 45 heavy (non-hydrogen) atoms. The van der Waals surface area contributed by atoms with Crippen molar-refractivity contribution in [2.24, 2.45) is 5.92 Å². The molecule has 1 saturated heterocycles. The Kier molecular flexibility index (Phi) is 9.73. The summed E-state index contributed by atoms with van der Waals surface area (Å²) in [6.45, 7) is 7.17. The van der Waals surface area contributed by atoms with Gasteiger partial charge in [-0.15, -0.1) is 0 Å². The summed E-state index contributed by atoms with van der Waals surface area (Å²) in [5.74, 6) is 0.411. The van der Waals surface area contributed by atoms with Gasteiger partial charge in [0.1, 0.15) is 5.75 Å². The molecule has 1 atom stereocenters. The van der Waals surface area contributed by atoms with Gasteiger partial charge in [0, 0.05) is 18.5 Å². The molecule has 0 spiro atoms. The number of rotatable bonds is 12. The number of nitrogens with zero attached hydrogens (tertiary/aromatic N) is 1. The van der Waals surface area contributed by atoms with Gasteiger partial charge in [-0.05, 0) is 79.5 Å². The number of unbranched alkanes of at least 4 members (excludes halogenated alkanes) is 1. The summed E-state index contributed by atoms with van der Waals surface area (Å²) >= 11 is 0. The van der Waals surface area contributed by atoms with E-state index >= 15 is 0 Å². The van der Waals surface area contributed by atoms with Crippen LogP contribution >= 0.6 is 0 Å². The van der Waals surface area contributed by atoms with Crippen LogP contribution in [-0.2, 0) is 33.4 Å². The van der Waals surface area contributed by atoms with E-state index in [2.05, 4.69) is 0 Å². The fraction of sp³-hybridized carbons (Fsp3) is 0.562. The lowest BCUT2D eigenvalue weighted by Crippen LogP contribution is -2.54. The standard InChI is InChI=1S/C32H37F6NO6/c1-5-8-20-14-23(30(42,31(33,34)35)32(36,37)38)15-21(13-19(2)3)27(20)43-12-7-6-11-39-26(40)17-29(4,28(39)41)22-9-10-24-25(16-22)45-18-44-24/h9-10,14-16,19,42H,5-8,11-13,17-18H2,1-4H3. The minimum Gasteiger partial charge on any atom is -0.493 e. The first kappa shape index (κ1) is 34.4. The van der Waals surface area contributed by atoms with Crippen LogP contribution in [0.3, 0.4) is 0 Å². The Morgan fingerprint density at radius 1 is 0.978 bits per heavy atom. The lowest BCUT2D eigenvalue weighted by Gasteiger charge is -2.34. The fourth-order valence-corrected chi connectivity index (χ4v) is 5.81. The third-order valence-electron chi connectivity index (χ3n) is 8.18. The van der Waals surface area contributed by atoms with Crippen LogP contribution in [0.25, 0.3) is 0 Å². The van der Waals surface area contributed by atoms with Crippen LogP contribution in [-0.4, -0.2) is 54.1 Å². The van der Waals surface area contributed by atoms with Crippen molar-refractivity contribution in [1.29, 1.82) is 0 Å². The number of ether oxygens (including phenoxy) is 3. The minimum atomic E-state index is -6.00. The molecule has 13 heteroatoms. The fourth-order valence-electron chi connectivity index (χ4n) is 5.81. The van der Waals surface area contributed by atoms with Crippen LogP contribution in [0.1, 0.15) is 75.6 Å². The summed E-state index contributed by atoms with van der Waals surface area (Å²) in [4.78, 5) is 27.4. The number of amides is 2. The average molecular weight is 646 g/mol. The van der Waals surface area contributed by atoms with Crippen molar-refractivity contribution < 1.29 is 55.2 Å². The number of fused-ring (bicyclic) bond motifs is 1. The SMILES string of the molecule is CCCc1cc(C(O)(C(F)(F)F)C(F)(F)F)cc(CC(C)C)c1OCCCCN1C(=O)CC(C)(c2ccc3c(c2)OCO3)C1=O. The Balaban J connectivity index is 1.48. The molecule has 2 aliphatic rings. The van der Waals surface area contributed by atoms with Gasteiger partial charge in [0.25, 0.3) is 5.60 Å². The van der Waals surface area contributed by atoms with Crippen molar-refractivity contribution in [3.63, 3.8) is 0 Å². The van der Waals surface area contributed by atoms with Gasteiger partial charge in [-0.1, -0.05) is 33.3 Å². The lowest BCUT2D eigenvalue weighted by atomic mass is 9.81. The van der Waals surface area contributed by atoms with Crippen molar-refractivity contribution >= 4 is 11.8 Å². The van der Waals surface area contributed by atoms with Gasteiger partial charge in [0.05, 0.1) is 12.0 Å². The maximum atomic E-state index is 13.7. The third kappa shape index (κ3) is 6.59. The van der Waals surface area contributed by atoms with E-state index < -0.39 is 28.9 Å². The van der Waals surface area contributed by atoms with E-state index in [4.69, 9.17) is 14.2 Å². The predicted molar refractivity (Wildman–Crippen MR) is 151 cm³/mol. The van der Waals surface area contributed by atoms with Crippen LogP contribution in [0.2, 0.25) is 0 Å². The number of likely N-dealkylation sites (tertiary alicyclic amines) is 1. The average Bonchev–Trinajstić information content (AvgIpc) is 3.49. The second kappa shape index (κ2) is 12.7. The normalized spacial score (nSPS) is 18.8. The minimum absolute atomic E-state index is 0.0184. The van der Waals surface area contributed by atoms with Crippen molar-refractivity contribution in [3.05, 3.63) is 52.6 Å². The summed E-state index contributed by atoms with van der Waals surface area (Å²) in [5, 5.41) is 10.1. The van der Waals surface area contributed by atoms with Crippen LogP contribution in [0.15, 0.2) is 30.3 Å². The lowest BCUT2D eigenvalue weighted by molar-refractivity contribution is -0.376. The van der Waals surface area contributed by atoms with Gasteiger partial charge in [0.2, 0.25) is 18.6 Å². The van der Waals surface area contributed by atoms with E-state index in [0.717, 1.165) is 12.1 Å². The number of alkyl halides is 6. The molecular formula is C32H37F6NO6. The summed E-state index contributed by atoms with van der Waals surface area (Å²) in [6, 6.07) is 6.58. The van der Waals surface area contributed by atoms with Gasteiger partial charge in [-0.3, -0.25) is 14.5 Å². The molecule has 2 aliphatic heterocycles. The van der Waals surface area contributed by atoms with E-state index in [1.54, 1.807) is 45.9 Å². The second-order valence-corrected chi connectivity index (χ2v) is 12.2. The van der Waals surface area contributed by atoms with Crippen LogP contribution in [0.4, 0.5) is 26.3 Å². The zero-order valence-electron chi connectivity index (χ0n) is 25.5. The summed E-state index contributed by atoms with van der Waals surface area (Å²) in [6.07, 6.45) is -10.7. The first-order valence-corrected chi connectivity index (χ1v) is 14.8. The first-order valence-electron chi connectivity index (χ1n) is 14.8. The van der Waals surface area contributed by atoms with Gasteiger partial charge < -0.3 is 19.3 Å². The topological polar surface area (TPSA) is 85.3 Å². The molecule has 1 fully saturated rings. The van der Waals surface area contributed by atoms with Gasteiger partial charge in [-0.25, -0.2) is 0 Å². The Labute approximate surface area is 257 Å². The third-order valence-corrected chi connectivity index (χ3v) is 8.18. The number of aliphatic hydroxyl groups is 1. The van der Waals surface area contributed by atoms with Crippen molar-refractivity contribution in [3.8, 4) is 17.2 Å². The monoisotopic (exact) mass is 645 g/mol. The highest BCUT2D eigenvalue weighted by Gasteiger charge is 2.71. The van der Waals surface area contributed by atoms with E-state index in [0.29, 0.717) is 36.3 Å². The molecule has 4 rings (SSSR count). The van der Waals surface area contributed by atoms with Gasteiger partial charge in [0.15, 0.2) is 11.5 Å². The maximum Gasteiger partial charge on any atom is 0.430 e. The molecule has 0 aromatic heterocycles. The molecule has 248 valence electrons. The Morgan fingerprint density at radius 2 is 1.62 bits per heavy atom. The van der Waals surface area contributed by atoms with E-state index in [9.17, 15) is 41.0 Å². The van der Waals surface area contributed by atoms with Crippen molar-refractivity contribution in [2.45, 2.75) is 89.6 Å². The Bertz CT molecular complexity index is 1410. The zero-order chi connectivity index (χ0) is 33.4. The molecule has 2 aromatic carbocycles. The highest BCUT2D eigenvalue weighted by molar-refractivity contribution is 6.08. The molecule has 2 amide bonds. The smallest absolute Gasteiger partial charge is 0.430 e. The van der Waals surface area contributed by atoms with Crippen LogP contribution in [0, 0.1) is 5.92 Å². The number of aryl methyl sites for hydroxylation is 1. The van der Waals surface area contributed by atoms with Crippen molar-refractivity contribution in [2.75, 3.05) is 19.9 Å². The number of carbonyl (C=O) groups excluding carboxylic acids is 2. The number of hydrogen-bond acceptors (Lipinski definition) is 6. The number of benzene rings is 2. The quantitative estimate of drug-likeness (QED) is 0.156. The highest BCUT2D eigenvalue weighted by atomic mass is 19.4. The summed E-state index contributed by atoms with van der Waals surface area (Å²) in [7, 11) is 0. The van der Waals surface area contributed by atoms with Gasteiger partial charge >= 0.3 is 12.4 Å². The Hall–Kier alpha value is -3.48. The van der Waals surface area contributed by atoms with E-state index in [-0.39, 0.29) is 73.8 Å². The Morgan fingerprint density at radius 3 is 2.24 bits per heavy atom.